The van der Waals surface area contributed by atoms with E-state index in [-0.39, 0.29) is 5.92 Å². The van der Waals surface area contributed by atoms with Crippen LogP contribution >= 0.6 is 0 Å². The second kappa shape index (κ2) is 5.95. The van der Waals surface area contributed by atoms with Gasteiger partial charge in [-0.3, -0.25) is 0 Å². The van der Waals surface area contributed by atoms with Gasteiger partial charge in [-0.2, -0.15) is 0 Å². The van der Waals surface area contributed by atoms with E-state index in [4.69, 9.17) is 24.5 Å². The lowest BCUT2D eigenvalue weighted by Gasteiger charge is -2.15. The van der Waals surface area contributed by atoms with Crippen LogP contribution in [0.1, 0.15) is 25.3 Å². The Labute approximate surface area is 123 Å². The molecule has 1 aromatic carbocycles. The lowest BCUT2D eigenvalue weighted by molar-refractivity contribution is 0.325. The van der Waals surface area contributed by atoms with Gasteiger partial charge >= 0.3 is 0 Å². The van der Waals surface area contributed by atoms with Gasteiger partial charge in [0.1, 0.15) is 5.69 Å². The Morgan fingerprint density at radius 1 is 1.05 bits per heavy atom. The molecule has 114 valence electrons. The number of anilines is 1. The second-order valence-electron chi connectivity index (χ2n) is 4.85. The molecule has 0 fully saturated rings. The van der Waals surface area contributed by atoms with Crippen molar-refractivity contribution in [3.8, 4) is 28.5 Å². The summed E-state index contributed by atoms with van der Waals surface area (Å²) in [6.45, 7) is 4.05. The quantitative estimate of drug-likeness (QED) is 0.912. The van der Waals surface area contributed by atoms with E-state index in [2.05, 4.69) is 5.16 Å². The highest BCUT2D eigenvalue weighted by Crippen LogP contribution is 2.46. The van der Waals surface area contributed by atoms with Crippen molar-refractivity contribution in [3.05, 3.63) is 17.7 Å². The van der Waals surface area contributed by atoms with Crippen LogP contribution in [0.4, 0.5) is 5.88 Å². The highest BCUT2D eigenvalue weighted by molar-refractivity contribution is 5.78. The Hall–Kier alpha value is -2.37. The Kier molecular flexibility index (Phi) is 4.26. The molecule has 1 heterocycles. The van der Waals surface area contributed by atoms with E-state index in [9.17, 15) is 0 Å². The first kappa shape index (κ1) is 15.0. The van der Waals surface area contributed by atoms with Gasteiger partial charge in [0.15, 0.2) is 11.5 Å². The summed E-state index contributed by atoms with van der Waals surface area (Å²) in [5.74, 6) is 2.11. The highest BCUT2D eigenvalue weighted by Gasteiger charge is 2.24. The molecule has 0 spiro atoms. The van der Waals surface area contributed by atoms with Crippen LogP contribution in [0, 0.1) is 0 Å². The summed E-state index contributed by atoms with van der Waals surface area (Å²) in [5, 5.41) is 4.07. The monoisotopic (exact) mass is 292 g/mol. The van der Waals surface area contributed by atoms with Gasteiger partial charge < -0.3 is 24.5 Å². The van der Waals surface area contributed by atoms with Crippen molar-refractivity contribution >= 4 is 5.88 Å². The first-order valence-electron chi connectivity index (χ1n) is 6.59. The van der Waals surface area contributed by atoms with E-state index in [1.165, 1.54) is 0 Å². The van der Waals surface area contributed by atoms with Crippen LogP contribution in [0.5, 0.6) is 17.2 Å². The number of nitrogen functional groups attached to an aromatic ring is 1. The maximum absolute atomic E-state index is 5.87. The number of hydrogen-bond donors (Lipinski definition) is 1. The average molecular weight is 292 g/mol. The molecule has 0 unspecified atom stereocenters. The zero-order valence-electron chi connectivity index (χ0n) is 12.9. The molecular formula is C15H20N2O4. The largest absolute Gasteiger partial charge is 0.493 e. The topological polar surface area (TPSA) is 79.7 Å². The summed E-state index contributed by atoms with van der Waals surface area (Å²) >= 11 is 0. The van der Waals surface area contributed by atoms with Gasteiger partial charge in [0.25, 0.3) is 0 Å². The summed E-state index contributed by atoms with van der Waals surface area (Å²) in [4.78, 5) is 0. The lowest BCUT2D eigenvalue weighted by Crippen LogP contribution is -1.99. The SMILES string of the molecule is COc1ccc(-c2noc(N)c2C(C)C)c(OC)c1OC. The van der Waals surface area contributed by atoms with Crippen LogP contribution in [-0.2, 0) is 0 Å². The molecule has 6 heteroatoms. The fraction of sp³-hybridized carbons (Fsp3) is 0.400. The Morgan fingerprint density at radius 2 is 1.71 bits per heavy atom. The van der Waals surface area contributed by atoms with Crippen molar-refractivity contribution in [1.82, 2.24) is 5.16 Å². The Bertz CT molecular complexity index is 635. The van der Waals surface area contributed by atoms with Crippen LogP contribution in [0.25, 0.3) is 11.3 Å². The molecule has 0 saturated carbocycles. The van der Waals surface area contributed by atoms with E-state index < -0.39 is 0 Å². The average Bonchev–Trinajstić information content (AvgIpc) is 2.87. The van der Waals surface area contributed by atoms with E-state index in [1.54, 1.807) is 27.4 Å². The third-order valence-corrected chi connectivity index (χ3v) is 3.29. The molecular weight excluding hydrogens is 272 g/mol. The Balaban J connectivity index is 2.70. The molecule has 0 aliphatic carbocycles. The molecule has 1 aromatic heterocycles. The third kappa shape index (κ3) is 2.49. The van der Waals surface area contributed by atoms with Gasteiger partial charge in [0, 0.05) is 5.56 Å². The number of hydrogen-bond acceptors (Lipinski definition) is 6. The number of rotatable bonds is 5. The van der Waals surface area contributed by atoms with Gasteiger partial charge in [-0.1, -0.05) is 19.0 Å². The van der Waals surface area contributed by atoms with Crippen LogP contribution < -0.4 is 19.9 Å². The minimum absolute atomic E-state index is 0.170. The molecule has 0 radical (unpaired) electrons. The fourth-order valence-corrected chi connectivity index (χ4v) is 2.35. The van der Waals surface area contributed by atoms with E-state index >= 15 is 0 Å². The summed E-state index contributed by atoms with van der Waals surface area (Å²) in [6.07, 6.45) is 0. The van der Waals surface area contributed by atoms with E-state index in [1.807, 2.05) is 19.9 Å². The van der Waals surface area contributed by atoms with E-state index in [0.29, 0.717) is 28.8 Å². The van der Waals surface area contributed by atoms with Crippen molar-refractivity contribution in [2.24, 2.45) is 0 Å². The molecule has 0 aliphatic heterocycles. The van der Waals surface area contributed by atoms with Gasteiger partial charge in [0.2, 0.25) is 11.6 Å². The number of aromatic nitrogens is 1. The predicted molar refractivity (Wildman–Crippen MR) is 80.1 cm³/mol. The zero-order valence-corrected chi connectivity index (χ0v) is 12.9. The summed E-state index contributed by atoms with van der Waals surface area (Å²) in [7, 11) is 4.70. The molecule has 0 atom stereocenters. The maximum atomic E-state index is 5.87. The van der Waals surface area contributed by atoms with Gasteiger partial charge in [-0.15, -0.1) is 0 Å². The van der Waals surface area contributed by atoms with Crippen LogP contribution in [0.15, 0.2) is 16.7 Å². The molecule has 2 N–H and O–H groups in total. The van der Waals surface area contributed by atoms with Crippen molar-refractivity contribution in [2.75, 3.05) is 27.1 Å². The van der Waals surface area contributed by atoms with Crippen molar-refractivity contribution < 1.29 is 18.7 Å². The van der Waals surface area contributed by atoms with Crippen LogP contribution in [-0.4, -0.2) is 26.5 Å². The third-order valence-electron chi connectivity index (χ3n) is 3.29. The number of benzene rings is 1. The normalized spacial score (nSPS) is 10.8. The van der Waals surface area contributed by atoms with Gasteiger partial charge in [-0.25, -0.2) is 0 Å². The van der Waals surface area contributed by atoms with Crippen LogP contribution in [0.2, 0.25) is 0 Å². The minimum atomic E-state index is 0.170. The summed E-state index contributed by atoms with van der Waals surface area (Å²) in [5.41, 5.74) is 8.12. The molecule has 21 heavy (non-hydrogen) atoms. The zero-order chi connectivity index (χ0) is 15.6. The fourth-order valence-electron chi connectivity index (χ4n) is 2.35. The molecule has 0 aliphatic rings. The molecule has 0 amide bonds. The number of methoxy groups -OCH3 is 3. The molecule has 0 bridgehead atoms. The van der Waals surface area contributed by atoms with Gasteiger partial charge in [-0.05, 0) is 18.1 Å². The highest BCUT2D eigenvalue weighted by atomic mass is 16.5. The Morgan fingerprint density at radius 3 is 2.24 bits per heavy atom. The number of ether oxygens (including phenoxy) is 3. The molecule has 0 saturated heterocycles. The van der Waals surface area contributed by atoms with Crippen molar-refractivity contribution in [1.29, 1.82) is 0 Å². The summed E-state index contributed by atoms with van der Waals surface area (Å²) < 4.78 is 21.3. The predicted octanol–water partition coefficient (Wildman–Crippen LogP) is 3.07. The second-order valence-corrected chi connectivity index (χ2v) is 4.85. The molecule has 2 rings (SSSR count). The van der Waals surface area contributed by atoms with E-state index in [0.717, 1.165) is 11.1 Å². The van der Waals surface area contributed by atoms with Crippen molar-refractivity contribution in [2.45, 2.75) is 19.8 Å². The first-order chi connectivity index (χ1) is 10.0. The molecule has 2 aromatic rings. The summed E-state index contributed by atoms with van der Waals surface area (Å²) in [6, 6.07) is 3.65. The standard InChI is InChI=1S/C15H20N2O4/c1-8(2)11-12(17-21-15(11)16)9-6-7-10(18-3)14(20-5)13(9)19-4/h6-8H,16H2,1-5H3. The lowest BCUT2D eigenvalue weighted by atomic mass is 9.98. The van der Waals surface area contributed by atoms with Crippen LogP contribution in [0.3, 0.4) is 0 Å². The van der Waals surface area contributed by atoms with Gasteiger partial charge in [0.05, 0.1) is 26.9 Å². The first-order valence-corrected chi connectivity index (χ1v) is 6.59. The maximum Gasteiger partial charge on any atom is 0.226 e. The minimum Gasteiger partial charge on any atom is -0.493 e. The van der Waals surface area contributed by atoms with Crippen molar-refractivity contribution in [3.63, 3.8) is 0 Å². The molecule has 6 nitrogen and oxygen atoms in total. The smallest absolute Gasteiger partial charge is 0.226 e. The number of nitrogens with two attached hydrogens (primary N) is 1. The number of nitrogens with zero attached hydrogens (tertiary/aromatic N) is 1.